The molecule has 2 amide bonds. The second kappa shape index (κ2) is 11.1. The number of carboxylic acid groups (broad SMARTS) is 1. The molecular formula is C26H27N3O5S. The van der Waals surface area contributed by atoms with E-state index in [1.807, 2.05) is 24.3 Å². The number of thiazole rings is 1. The van der Waals surface area contributed by atoms with E-state index >= 15 is 0 Å². The Hall–Kier alpha value is -3.72. The number of nitrogens with zero attached hydrogens (tertiary/aromatic N) is 1. The van der Waals surface area contributed by atoms with E-state index in [-0.39, 0.29) is 30.5 Å². The molecule has 0 fully saturated rings. The van der Waals surface area contributed by atoms with Crippen molar-refractivity contribution >= 4 is 29.3 Å². The van der Waals surface area contributed by atoms with Crippen LogP contribution in [-0.2, 0) is 9.53 Å². The molecule has 3 N–H and O–H groups in total. The molecule has 0 spiro atoms. The summed E-state index contributed by atoms with van der Waals surface area (Å²) in [5, 5.41) is 16.4. The van der Waals surface area contributed by atoms with Gasteiger partial charge in [-0.2, -0.15) is 0 Å². The van der Waals surface area contributed by atoms with E-state index < -0.39 is 18.1 Å². The summed E-state index contributed by atoms with van der Waals surface area (Å²) in [6.07, 6.45) is 0.614. The maximum Gasteiger partial charge on any atom is 0.407 e. The van der Waals surface area contributed by atoms with E-state index in [9.17, 15) is 14.4 Å². The summed E-state index contributed by atoms with van der Waals surface area (Å²) in [6, 6.07) is 15.9. The third kappa shape index (κ3) is 5.86. The molecule has 1 heterocycles. The third-order valence-electron chi connectivity index (χ3n) is 5.91. The zero-order chi connectivity index (χ0) is 24.8. The first-order valence-corrected chi connectivity index (χ1v) is 12.4. The van der Waals surface area contributed by atoms with Gasteiger partial charge in [-0.05, 0) is 42.0 Å². The summed E-state index contributed by atoms with van der Waals surface area (Å²) in [5.41, 5.74) is 4.90. The number of aromatic nitrogens is 1. The van der Waals surface area contributed by atoms with Gasteiger partial charge in [0.1, 0.15) is 17.3 Å². The number of carbonyl (C=O) groups excluding carboxylic acids is 2. The third-order valence-corrected chi connectivity index (χ3v) is 6.93. The minimum absolute atomic E-state index is 0.0193. The monoisotopic (exact) mass is 493 g/mol. The minimum Gasteiger partial charge on any atom is -0.481 e. The number of aliphatic carboxylic acids is 1. The van der Waals surface area contributed by atoms with Crippen LogP contribution in [-0.4, -0.2) is 41.2 Å². The number of amides is 2. The topological polar surface area (TPSA) is 118 Å². The number of carboxylic acids is 1. The molecule has 1 aliphatic carbocycles. The molecular weight excluding hydrogens is 466 g/mol. The number of unbranched alkanes of at least 4 members (excludes halogenated alkanes) is 1. The smallest absolute Gasteiger partial charge is 0.407 e. The molecule has 1 aliphatic rings. The molecule has 3 aromatic rings. The lowest BCUT2D eigenvalue weighted by atomic mass is 9.98. The minimum atomic E-state index is -0.849. The second-order valence-electron chi connectivity index (χ2n) is 8.37. The first-order valence-electron chi connectivity index (χ1n) is 11.5. The van der Waals surface area contributed by atoms with Crippen molar-refractivity contribution in [3.8, 4) is 11.1 Å². The summed E-state index contributed by atoms with van der Waals surface area (Å²) in [4.78, 5) is 39.6. The van der Waals surface area contributed by atoms with Gasteiger partial charge < -0.3 is 20.5 Å². The van der Waals surface area contributed by atoms with Crippen molar-refractivity contribution in [1.82, 2.24) is 15.6 Å². The highest BCUT2D eigenvalue weighted by molar-refractivity contribution is 7.09. The van der Waals surface area contributed by atoms with Gasteiger partial charge in [0, 0.05) is 24.3 Å². The van der Waals surface area contributed by atoms with Crippen molar-refractivity contribution in [2.75, 3.05) is 13.2 Å². The Kier molecular flexibility index (Phi) is 7.77. The molecule has 4 rings (SSSR count). The SMILES string of the molecule is CC(NC(=O)OCC1c2ccccc2-c2ccccc21)c1nc(C(=O)NCCCCC(=O)O)cs1. The molecule has 0 saturated heterocycles. The van der Waals surface area contributed by atoms with Gasteiger partial charge >= 0.3 is 12.1 Å². The summed E-state index contributed by atoms with van der Waals surface area (Å²) < 4.78 is 5.58. The molecule has 8 nitrogen and oxygen atoms in total. The van der Waals surface area contributed by atoms with Crippen LogP contribution in [0.5, 0.6) is 0 Å². The average Bonchev–Trinajstić information content (AvgIpc) is 3.46. The van der Waals surface area contributed by atoms with Gasteiger partial charge in [-0.3, -0.25) is 9.59 Å². The second-order valence-corrected chi connectivity index (χ2v) is 9.26. The normalized spacial score (nSPS) is 12.9. The maximum atomic E-state index is 12.5. The van der Waals surface area contributed by atoms with Crippen LogP contribution < -0.4 is 10.6 Å². The predicted octanol–water partition coefficient (Wildman–Crippen LogP) is 4.73. The molecule has 35 heavy (non-hydrogen) atoms. The molecule has 2 aromatic carbocycles. The van der Waals surface area contributed by atoms with Crippen LogP contribution in [0.1, 0.15) is 64.8 Å². The largest absolute Gasteiger partial charge is 0.481 e. The van der Waals surface area contributed by atoms with E-state index in [4.69, 9.17) is 9.84 Å². The van der Waals surface area contributed by atoms with Gasteiger partial charge in [-0.1, -0.05) is 48.5 Å². The van der Waals surface area contributed by atoms with Gasteiger partial charge in [0.05, 0.1) is 6.04 Å². The zero-order valence-corrected chi connectivity index (χ0v) is 20.1. The number of hydrogen-bond acceptors (Lipinski definition) is 6. The van der Waals surface area contributed by atoms with Crippen LogP contribution in [0.2, 0.25) is 0 Å². The fraction of sp³-hybridized carbons (Fsp3) is 0.308. The molecule has 0 bridgehead atoms. The standard InChI is InChI=1S/C26H27N3O5S/c1-16(25-29-22(15-35-25)24(32)27-13-7-6-12-23(30)31)28-26(33)34-14-21-19-10-4-2-8-17(19)18-9-3-5-11-20(18)21/h2-5,8-11,15-16,21H,6-7,12-14H2,1H3,(H,27,32)(H,28,33)(H,30,31). The first-order chi connectivity index (χ1) is 16.9. The van der Waals surface area contributed by atoms with Crippen molar-refractivity contribution in [3.63, 3.8) is 0 Å². The van der Waals surface area contributed by atoms with Crippen molar-refractivity contribution in [2.24, 2.45) is 0 Å². The quantitative estimate of drug-likeness (QED) is 0.352. The van der Waals surface area contributed by atoms with Crippen LogP contribution >= 0.6 is 11.3 Å². The first kappa shape index (κ1) is 24.4. The molecule has 9 heteroatoms. The number of hydrogen-bond donors (Lipinski definition) is 3. The highest BCUT2D eigenvalue weighted by Crippen LogP contribution is 2.44. The molecule has 1 unspecified atom stereocenters. The van der Waals surface area contributed by atoms with Crippen LogP contribution in [0, 0.1) is 0 Å². The van der Waals surface area contributed by atoms with Crippen molar-refractivity contribution in [2.45, 2.75) is 38.1 Å². The molecule has 0 aliphatic heterocycles. The number of carbonyl (C=O) groups is 3. The maximum absolute atomic E-state index is 12.5. The number of alkyl carbamates (subject to hydrolysis) is 1. The summed E-state index contributed by atoms with van der Waals surface area (Å²) in [5.74, 6) is -1.19. The average molecular weight is 494 g/mol. The van der Waals surface area contributed by atoms with Crippen molar-refractivity contribution in [3.05, 3.63) is 75.7 Å². The zero-order valence-electron chi connectivity index (χ0n) is 19.3. The fourth-order valence-electron chi connectivity index (χ4n) is 4.16. The van der Waals surface area contributed by atoms with E-state index in [0.717, 1.165) is 11.1 Å². The lowest BCUT2D eigenvalue weighted by molar-refractivity contribution is -0.137. The van der Waals surface area contributed by atoms with Crippen LogP contribution in [0.3, 0.4) is 0 Å². The van der Waals surface area contributed by atoms with E-state index in [1.54, 1.807) is 12.3 Å². The molecule has 1 atom stereocenters. The van der Waals surface area contributed by atoms with Crippen molar-refractivity contribution < 1.29 is 24.2 Å². The molecule has 0 saturated carbocycles. The summed E-state index contributed by atoms with van der Waals surface area (Å²) in [6.45, 7) is 2.39. The number of ether oxygens (including phenoxy) is 1. The van der Waals surface area contributed by atoms with Crippen LogP contribution in [0.4, 0.5) is 4.79 Å². The lowest BCUT2D eigenvalue weighted by Gasteiger charge is -2.16. The van der Waals surface area contributed by atoms with Gasteiger partial charge in [-0.15, -0.1) is 11.3 Å². The predicted molar refractivity (Wildman–Crippen MR) is 133 cm³/mol. The summed E-state index contributed by atoms with van der Waals surface area (Å²) >= 11 is 1.28. The van der Waals surface area contributed by atoms with Crippen LogP contribution in [0.15, 0.2) is 53.9 Å². The fourth-order valence-corrected chi connectivity index (χ4v) is 4.97. The van der Waals surface area contributed by atoms with Crippen molar-refractivity contribution in [1.29, 1.82) is 0 Å². The van der Waals surface area contributed by atoms with Gasteiger partial charge in [0.25, 0.3) is 5.91 Å². The Morgan fingerprint density at radius 2 is 1.71 bits per heavy atom. The number of fused-ring (bicyclic) bond motifs is 3. The highest BCUT2D eigenvalue weighted by Gasteiger charge is 2.29. The van der Waals surface area contributed by atoms with E-state index in [0.29, 0.717) is 24.4 Å². The number of benzene rings is 2. The summed E-state index contributed by atoms with van der Waals surface area (Å²) in [7, 11) is 0. The molecule has 0 radical (unpaired) electrons. The Morgan fingerprint density at radius 3 is 2.37 bits per heavy atom. The molecule has 182 valence electrons. The Bertz CT molecular complexity index is 1180. The number of rotatable bonds is 10. The van der Waals surface area contributed by atoms with Crippen LogP contribution in [0.25, 0.3) is 11.1 Å². The Labute approximate surface area is 207 Å². The van der Waals surface area contributed by atoms with Gasteiger partial charge in [0.2, 0.25) is 0 Å². The lowest BCUT2D eigenvalue weighted by Crippen LogP contribution is -2.29. The Balaban J connectivity index is 1.28. The van der Waals surface area contributed by atoms with E-state index in [1.165, 1.54) is 22.5 Å². The van der Waals surface area contributed by atoms with E-state index in [2.05, 4.69) is 39.9 Å². The van der Waals surface area contributed by atoms with Gasteiger partial charge in [0.15, 0.2) is 0 Å². The highest BCUT2D eigenvalue weighted by atomic mass is 32.1. The van der Waals surface area contributed by atoms with Gasteiger partial charge in [-0.25, -0.2) is 9.78 Å². The number of nitrogens with one attached hydrogen (secondary N) is 2. The molecule has 1 aromatic heterocycles. The Morgan fingerprint density at radius 1 is 1.06 bits per heavy atom.